The number of ether oxygens (including phenoxy) is 2. The molecule has 0 aliphatic heterocycles. The number of hydrogen-bond donors (Lipinski definition) is 1. The third-order valence-corrected chi connectivity index (χ3v) is 7.30. The van der Waals surface area contributed by atoms with Crippen LogP contribution < -0.4 is 4.74 Å². The van der Waals surface area contributed by atoms with Crippen molar-refractivity contribution in [1.29, 1.82) is 0 Å². The molecule has 9 nitrogen and oxygen atoms in total. The largest absolute Gasteiger partial charge is 0.504 e. The van der Waals surface area contributed by atoms with Crippen LogP contribution in [0.1, 0.15) is 62.1 Å². The fourth-order valence-corrected chi connectivity index (χ4v) is 5.38. The quantitative estimate of drug-likeness (QED) is 0.509. The van der Waals surface area contributed by atoms with Crippen LogP contribution in [0.3, 0.4) is 0 Å². The van der Waals surface area contributed by atoms with E-state index in [1.165, 1.54) is 67.8 Å². The summed E-state index contributed by atoms with van der Waals surface area (Å²) in [6, 6.07) is 15.6. The van der Waals surface area contributed by atoms with Crippen molar-refractivity contribution in [2.45, 2.75) is 0 Å². The number of aliphatic hydroxyl groups is 1. The topological polar surface area (TPSA) is 141 Å². The van der Waals surface area contributed by atoms with E-state index in [9.17, 15) is 33.9 Å². The number of rotatable bonds is 4. The summed E-state index contributed by atoms with van der Waals surface area (Å²) in [6.07, 6.45) is 0. The minimum Gasteiger partial charge on any atom is -0.504 e. The number of ketones is 6. The van der Waals surface area contributed by atoms with Gasteiger partial charge in [-0.3, -0.25) is 28.8 Å². The molecule has 0 heterocycles. The van der Waals surface area contributed by atoms with Gasteiger partial charge >= 0.3 is 0 Å². The van der Waals surface area contributed by atoms with E-state index in [0.717, 1.165) is 7.11 Å². The highest BCUT2D eigenvalue weighted by Crippen LogP contribution is 2.42. The van der Waals surface area contributed by atoms with Crippen molar-refractivity contribution in [3.63, 3.8) is 0 Å². The van der Waals surface area contributed by atoms with Crippen LogP contribution in [0.4, 0.5) is 0 Å². The second kappa shape index (κ2) is 9.20. The van der Waals surface area contributed by atoms with E-state index in [1.807, 2.05) is 0 Å². The number of hydrogen-bond acceptors (Lipinski definition) is 9. The first-order valence-electron chi connectivity index (χ1n) is 12.3. The van der Waals surface area contributed by atoms with Gasteiger partial charge in [-0.1, -0.05) is 48.5 Å². The fourth-order valence-electron chi connectivity index (χ4n) is 5.38. The van der Waals surface area contributed by atoms with Crippen LogP contribution in [0.2, 0.25) is 0 Å². The van der Waals surface area contributed by atoms with Gasteiger partial charge in [-0.25, -0.2) is 0 Å². The van der Waals surface area contributed by atoms with Crippen molar-refractivity contribution in [3.8, 4) is 5.75 Å². The molecular formula is C32H18O9. The number of Topliss-reactive ketones (excluding diaryl/α,β-unsaturated/α-hetero) is 6. The van der Waals surface area contributed by atoms with E-state index in [4.69, 9.17) is 9.47 Å². The van der Waals surface area contributed by atoms with Crippen LogP contribution in [0.5, 0.6) is 5.75 Å². The van der Waals surface area contributed by atoms with Crippen molar-refractivity contribution >= 4 is 34.7 Å². The van der Waals surface area contributed by atoms with Crippen molar-refractivity contribution in [2.24, 2.45) is 0 Å². The van der Waals surface area contributed by atoms with Crippen molar-refractivity contribution in [1.82, 2.24) is 0 Å². The molecule has 9 heteroatoms. The SMILES string of the molecule is COC1=C(C2=C(C3=C(O)C(=O)c4ccc(OC)cc4C3=O)C(=O)c3ccccc3C2=O)C(=O)c2ccccc2C1=O. The van der Waals surface area contributed by atoms with E-state index in [-0.39, 0.29) is 39.1 Å². The molecule has 0 saturated heterocycles. The molecule has 3 aromatic rings. The van der Waals surface area contributed by atoms with Gasteiger partial charge in [0.15, 0.2) is 34.7 Å². The number of methoxy groups -OCH3 is 2. The van der Waals surface area contributed by atoms with Gasteiger partial charge in [0.1, 0.15) is 5.75 Å². The Labute approximate surface area is 232 Å². The second-order valence-electron chi connectivity index (χ2n) is 9.36. The molecule has 3 aliphatic rings. The van der Waals surface area contributed by atoms with Gasteiger partial charge in [0, 0.05) is 44.5 Å². The Kier molecular flexibility index (Phi) is 5.74. The summed E-state index contributed by atoms with van der Waals surface area (Å²) in [6.45, 7) is 0. The van der Waals surface area contributed by atoms with Crippen molar-refractivity contribution < 1.29 is 43.3 Å². The summed E-state index contributed by atoms with van der Waals surface area (Å²) >= 11 is 0. The average molecular weight is 546 g/mol. The minimum atomic E-state index is -1.07. The van der Waals surface area contributed by atoms with E-state index >= 15 is 0 Å². The Morgan fingerprint density at radius 2 is 0.902 bits per heavy atom. The van der Waals surface area contributed by atoms with Gasteiger partial charge < -0.3 is 14.6 Å². The van der Waals surface area contributed by atoms with Crippen molar-refractivity contribution in [2.75, 3.05) is 14.2 Å². The lowest BCUT2D eigenvalue weighted by molar-refractivity contribution is 0.0898. The first-order valence-corrected chi connectivity index (χ1v) is 12.3. The molecule has 0 aromatic heterocycles. The fraction of sp³-hybridized carbons (Fsp3) is 0.0625. The Bertz CT molecular complexity index is 1920. The number of carbonyl (C=O) groups is 6. The molecule has 6 rings (SSSR count). The summed E-state index contributed by atoms with van der Waals surface area (Å²) < 4.78 is 10.5. The lowest BCUT2D eigenvalue weighted by Crippen LogP contribution is -2.34. The second-order valence-corrected chi connectivity index (χ2v) is 9.36. The Morgan fingerprint density at radius 3 is 1.41 bits per heavy atom. The number of aliphatic hydroxyl groups excluding tert-OH is 1. The normalized spacial score (nSPS) is 16.6. The highest BCUT2D eigenvalue weighted by Gasteiger charge is 2.46. The summed E-state index contributed by atoms with van der Waals surface area (Å²) in [5, 5.41) is 11.1. The number of allylic oxidation sites excluding steroid dienone is 6. The molecule has 0 saturated carbocycles. The lowest BCUT2D eigenvalue weighted by atomic mass is 9.72. The van der Waals surface area contributed by atoms with E-state index in [2.05, 4.69) is 0 Å². The molecule has 0 amide bonds. The summed E-state index contributed by atoms with van der Waals surface area (Å²) in [4.78, 5) is 82.7. The monoisotopic (exact) mass is 546 g/mol. The highest BCUT2D eigenvalue weighted by atomic mass is 16.5. The molecule has 0 atom stereocenters. The molecule has 0 radical (unpaired) electrons. The standard InChI is InChI=1S/C32H18O9/c1-40-14-11-12-19-20(13-14)28(36)23(31(39)29(19)37)21-22(26(34)16-8-4-3-7-15(16)25(21)33)24-27(35)17-9-5-6-10-18(17)30(38)32(24)41-2/h3-13,39H,1-2H3. The molecular weight excluding hydrogens is 528 g/mol. The molecule has 1 N–H and O–H groups in total. The maximum absolute atomic E-state index is 14.1. The van der Waals surface area contributed by atoms with Gasteiger partial charge in [-0.2, -0.15) is 0 Å². The summed E-state index contributed by atoms with van der Waals surface area (Å²) in [5.74, 6) is -6.56. The predicted molar refractivity (Wildman–Crippen MR) is 143 cm³/mol. The van der Waals surface area contributed by atoms with Crippen LogP contribution in [-0.4, -0.2) is 54.0 Å². The first kappa shape index (κ1) is 25.6. The van der Waals surface area contributed by atoms with Crippen LogP contribution in [0.25, 0.3) is 0 Å². The van der Waals surface area contributed by atoms with E-state index in [0.29, 0.717) is 0 Å². The van der Waals surface area contributed by atoms with Gasteiger partial charge in [0.2, 0.25) is 11.6 Å². The van der Waals surface area contributed by atoms with Gasteiger partial charge in [0.05, 0.1) is 25.4 Å². The molecule has 0 spiro atoms. The van der Waals surface area contributed by atoms with Gasteiger partial charge in [-0.05, 0) is 18.2 Å². The summed E-state index contributed by atoms with van der Waals surface area (Å²) in [5.41, 5.74) is -3.12. The zero-order valence-corrected chi connectivity index (χ0v) is 21.6. The summed E-state index contributed by atoms with van der Waals surface area (Å²) in [7, 11) is 2.49. The number of benzene rings is 3. The molecule has 3 aliphatic carbocycles. The molecule has 0 bridgehead atoms. The third-order valence-electron chi connectivity index (χ3n) is 7.30. The average Bonchev–Trinajstić information content (AvgIpc) is 3.00. The van der Waals surface area contributed by atoms with Crippen molar-refractivity contribution in [3.05, 3.63) is 134 Å². The first-order chi connectivity index (χ1) is 19.7. The van der Waals surface area contributed by atoms with E-state index < -0.39 is 68.5 Å². The van der Waals surface area contributed by atoms with Crippen LogP contribution in [0, 0.1) is 0 Å². The van der Waals surface area contributed by atoms with Crippen LogP contribution >= 0.6 is 0 Å². The Hall–Kier alpha value is -5.70. The molecule has 0 unspecified atom stereocenters. The maximum Gasteiger partial charge on any atom is 0.229 e. The Balaban J connectivity index is 1.72. The zero-order chi connectivity index (χ0) is 29.2. The maximum atomic E-state index is 14.1. The highest BCUT2D eigenvalue weighted by molar-refractivity contribution is 6.41. The van der Waals surface area contributed by atoms with Gasteiger partial charge in [0.25, 0.3) is 0 Å². The molecule has 200 valence electrons. The minimum absolute atomic E-state index is 0.0299. The Morgan fingerprint density at radius 1 is 0.463 bits per heavy atom. The predicted octanol–water partition coefficient (Wildman–Crippen LogP) is 4.24. The van der Waals surface area contributed by atoms with Crippen LogP contribution in [-0.2, 0) is 4.74 Å². The van der Waals surface area contributed by atoms with E-state index in [1.54, 1.807) is 6.07 Å². The molecule has 0 fully saturated rings. The molecule has 3 aromatic carbocycles. The smallest absolute Gasteiger partial charge is 0.229 e. The molecule has 41 heavy (non-hydrogen) atoms. The third kappa shape index (κ3) is 3.49. The number of carbonyl (C=O) groups excluding carboxylic acids is 6. The lowest BCUT2D eigenvalue weighted by Gasteiger charge is -2.28. The van der Waals surface area contributed by atoms with Crippen LogP contribution in [0.15, 0.2) is 101 Å². The van der Waals surface area contributed by atoms with Gasteiger partial charge in [-0.15, -0.1) is 0 Å². The number of fused-ring (bicyclic) bond motifs is 3. The zero-order valence-electron chi connectivity index (χ0n) is 21.6.